The zero-order valence-electron chi connectivity index (χ0n) is 35.2. The lowest BCUT2D eigenvalue weighted by Gasteiger charge is -2.28. The van der Waals surface area contributed by atoms with Gasteiger partial charge in [-0.25, -0.2) is 4.79 Å². The van der Waals surface area contributed by atoms with Crippen LogP contribution >= 0.6 is 46.4 Å². The van der Waals surface area contributed by atoms with Gasteiger partial charge in [0.25, 0.3) is 0 Å². The largest absolute Gasteiger partial charge is 0.493 e. The summed E-state index contributed by atoms with van der Waals surface area (Å²) >= 11 is 27.7. The fraction of sp³-hybridized carbons (Fsp3) is 0.300. The van der Waals surface area contributed by atoms with E-state index in [9.17, 15) is 4.79 Å². The van der Waals surface area contributed by atoms with Crippen molar-refractivity contribution in [2.45, 2.75) is 45.1 Å². The maximum Gasteiger partial charge on any atom is 0.341 e. The average molecular weight is 915 g/mol. The van der Waals surface area contributed by atoms with Crippen LogP contribution in [0.3, 0.4) is 0 Å². The normalized spacial score (nSPS) is 17.6. The highest BCUT2D eigenvalue weighted by Gasteiger charge is 2.48. The zero-order chi connectivity index (χ0) is 43.5. The molecule has 3 heterocycles. The average Bonchev–Trinajstić information content (AvgIpc) is 4.09. The lowest BCUT2D eigenvalue weighted by Crippen LogP contribution is -2.23. The molecular weight excluding hydrogens is 866 g/mol. The standard InChI is InChI=1S/C50H48Cl4N2O6/c1-5-60-39-21-15-33(27-41(39)58-3)37(31-11-17-35(18-12-31)55-23-7-8-24-55)29-50(44-43(49(57)62-50)45(51)47(53)48(54)46(44)52)30-38(34-16-22-40(61-6-2)42(28-34)59-4)32-13-19-36(20-14-32)56-25-9-10-26-56/h11-22,27-30H,5-10,23-26H2,1-4H3. The van der Waals surface area contributed by atoms with Gasteiger partial charge in [-0.15, -0.1) is 0 Å². The van der Waals surface area contributed by atoms with Gasteiger partial charge in [-0.2, -0.15) is 0 Å². The Morgan fingerprint density at radius 1 is 0.581 bits per heavy atom. The summed E-state index contributed by atoms with van der Waals surface area (Å²) in [6.45, 7) is 8.76. The third kappa shape index (κ3) is 8.42. The second-order valence-corrected chi connectivity index (χ2v) is 16.9. The van der Waals surface area contributed by atoms with E-state index in [1.807, 2.05) is 62.4 Å². The maximum atomic E-state index is 14.4. The summed E-state index contributed by atoms with van der Waals surface area (Å²) < 4.78 is 30.3. The van der Waals surface area contributed by atoms with E-state index in [1.54, 1.807) is 14.2 Å². The third-order valence-corrected chi connectivity index (χ3v) is 13.5. The quantitative estimate of drug-likeness (QED) is 0.0620. The minimum Gasteiger partial charge on any atom is -0.493 e. The van der Waals surface area contributed by atoms with E-state index in [-0.39, 0.29) is 31.2 Å². The van der Waals surface area contributed by atoms with Crippen LogP contribution in [0.1, 0.15) is 77.7 Å². The number of hydrogen-bond donors (Lipinski definition) is 0. The predicted octanol–water partition coefficient (Wildman–Crippen LogP) is 12.9. The Bertz CT molecular complexity index is 2400. The summed E-state index contributed by atoms with van der Waals surface area (Å²) in [6, 6.07) is 28.3. The van der Waals surface area contributed by atoms with E-state index < -0.39 is 11.6 Å². The van der Waals surface area contributed by atoms with Gasteiger partial charge in [0.15, 0.2) is 28.6 Å². The molecule has 0 N–H and O–H groups in total. The van der Waals surface area contributed by atoms with Gasteiger partial charge in [0.1, 0.15) is 0 Å². The number of anilines is 2. The van der Waals surface area contributed by atoms with Crippen molar-refractivity contribution < 1.29 is 28.5 Å². The van der Waals surface area contributed by atoms with Gasteiger partial charge < -0.3 is 33.5 Å². The molecule has 0 spiro atoms. The molecule has 2 saturated heterocycles. The second kappa shape index (κ2) is 18.8. The van der Waals surface area contributed by atoms with Crippen molar-refractivity contribution in [3.63, 3.8) is 0 Å². The van der Waals surface area contributed by atoms with Gasteiger partial charge in [-0.3, -0.25) is 0 Å². The Balaban J connectivity index is 1.44. The van der Waals surface area contributed by atoms with Crippen molar-refractivity contribution in [2.75, 3.05) is 63.4 Å². The number of ether oxygens (including phenoxy) is 5. The first-order valence-corrected chi connectivity index (χ1v) is 22.5. The summed E-state index contributed by atoms with van der Waals surface area (Å²) in [7, 11) is 3.21. The first kappa shape index (κ1) is 43.7. The SMILES string of the molecule is CCOc1ccc(C(=CC2(C=C(c3ccc(N4CCCC4)cc3)c3ccc(OCC)c(OC)c3)OC(=O)c3c(Cl)c(Cl)c(Cl)c(Cl)c32)c2ccc(N3CCCC3)cc2)cc1OC. The van der Waals surface area contributed by atoms with Gasteiger partial charge in [0, 0.05) is 43.1 Å². The summed E-state index contributed by atoms with van der Waals surface area (Å²) in [5, 5.41) is -0.0560. The van der Waals surface area contributed by atoms with Crippen LogP contribution in [0.5, 0.6) is 23.0 Å². The minimum atomic E-state index is -1.72. The lowest BCUT2D eigenvalue weighted by atomic mass is 9.83. The number of halogens is 4. The van der Waals surface area contributed by atoms with E-state index in [4.69, 9.17) is 70.1 Å². The molecule has 0 amide bonds. The first-order chi connectivity index (χ1) is 30.1. The fourth-order valence-electron chi connectivity index (χ4n) is 8.66. The lowest BCUT2D eigenvalue weighted by molar-refractivity contribution is 0.0300. The van der Waals surface area contributed by atoms with Gasteiger partial charge in [0.2, 0.25) is 0 Å². The molecule has 0 radical (unpaired) electrons. The Kier molecular flexibility index (Phi) is 13.2. The molecule has 0 aromatic heterocycles. The van der Waals surface area contributed by atoms with Gasteiger partial charge in [0.05, 0.1) is 53.1 Å². The first-order valence-electron chi connectivity index (χ1n) is 21.0. The number of carbonyl (C=O) groups is 1. The van der Waals surface area contributed by atoms with Crippen molar-refractivity contribution in [1.29, 1.82) is 0 Å². The van der Waals surface area contributed by atoms with Gasteiger partial charge in [-0.05, 0) is 134 Å². The van der Waals surface area contributed by atoms with Crippen LogP contribution in [-0.2, 0) is 10.3 Å². The minimum absolute atomic E-state index is 0.0000589. The number of fused-ring (bicyclic) bond motifs is 1. The number of rotatable bonds is 14. The Morgan fingerprint density at radius 3 is 1.39 bits per heavy atom. The molecule has 3 aliphatic rings. The Morgan fingerprint density at radius 2 is 0.984 bits per heavy atom. The van der Waals surface area contributed by atoms with Crippen LogP contribution in [0.2, 0.25) is 20.1 Å². The van der Waals surface area contributed by atoms with Crippen molar-refractivity contribution in [1.82, 2.24) is 0 Å². The highest BCUT2D eigenvalue weighted by molar-refractivity contribution is 6.53. The van der Waals surface area contributed by atoms with E-state index >= 15 is 0 Å². The molecule has 62 heavy (non-hydrogen) atoms. The molecule has 322 valence electrons. The Labute approximate surface area is 383 Å². The van der Waals surface area contributed by atoms with Gasteiger partial charge in [-0.1, -0.05) is 82.8 Å². The maximum absolute atomic E-state index is 14.4. The molecule has 2 fully saturated rings. The van der Waals surface area contributed by atoms with Crippen molar-refractivity contribution in [2.24, 2.45) is 0 Å². The summed E-state index contributed by atoms with van der Waals surface area (Å²) in [5.74, 6) is 1.55. The van der Waals surface area contributed by atoms with Crippen LogP contribution in [0.4, 0.5) is 11.4 Å². The third-order valence-electron chi connectivity index (χ3n) is 11.7. The zero-order valence-corrected chi connectivity index (χ0v) is 38.2. The van der Waals surface area contributed by atoms with Crippen molar-refractivity contribution >= 4 is 74.9 Å². The molecule has 0 atom stereocenters. The molecule has 3 aliphatic heterocycles. The second-order valence-electron chi connectivity index (χ2n) is 15.4. The summed E-state index contributed by atoms with van der Waals surface area (Å²) in [6.07, 6.45) is 8.42. The highest BCUT2D eigenvalue weighted by atomic mass is 35.5. The molecule has 0 bridgehead atoms. The topological polar surface area (TPSA) is 69.7 Å². The number of esters is 1. The molecule has 5 aromatic carbocycles. The molecule has 0 aliphatic carbocycles. The fourth-order valence-corrected chi connectivity index (χ4v) is 9.74. The molecule has 5 aromatic rings. The number of benzene rings is 5. The van der Waals surface area contributed by atoms with Crippen molar-refractivity contribution in [3.05, 3.63) is 151 Å². The predicted molar refractivity (Wildman–Crippen MR) is 252 cm³/mol. The van der Waals surface area contributed by atoms with Crippen LogP contribution in [0.15, 0.2) is 97.1 Å². The molecule has 0 saturated carbocycles. The molecular formula is C50H48Cl4N2O6. The van der Waals surface area contributed by atoms with E-state index in [0.717, 1.165) is 85.5 Å². The van der Waals surface area contributed by atoms with E-state index in [0.29, 0.717) is 47.4 Å². The molecule has 0 unspecified atom stereocenters. The summed E-state index contributed by atoms with van der Waals surface area (Å²) in [5.41, 5.74) is 5.46. The molecule has 8 nitrogen and oxygen atoms in total. The smallest absolute Gasteiger partial charge is 0.341 e. The Hall–Kier alpha value is -4.99. The van der Waals surface area contributed by atoms with Crippen LogP contribution < -0.4 is 28.7 Å². The van der Waals surface area contributed by atoms with E-state index in [1.165, 1.54) is 0 Å². The van der Waals surface area contributed by atoms with Crippen LogP contribution in [-0.4, -0.2) is 59.6 Å². The number of methoxy groups -OCH3 is 2. The van der Waals surface area contributed by atoms with Crippen molar-refractivity contribution in [3.8, 4) is 23.0 Å². The summed E-state index contributed by atoms with van der Waals surface area (Å²) in [4.78, 5) is 19.2. The number of carbonyl (C=O) groups excluding carboxylic acids is 1. The van der Waals surface area contributed by atoms with Gasteiger partial charge >= 0.3 is 5.97 Å². The number of cyclic esters (lactones) is 1. The molecule has 12 heteroatoms. The number of nitrogens with zero attached hydrogens (tertiary/aromatic N) is 2. The number of hydrogen-bond acceptors (Lipinski definition) is 8. The van der Waals surface area contributed by atoms with Crippen LogP contribution in [0, 0.1) is 0 Å². The monoisotopic (exact) mass is 912 g/mol. The highest BCUT2D eigenvalue weighted by Crippen LogP contribution is 2.54. The van der Waals surface area contributed by atoms with E-state index in [2.05, 4.69) is 58.3 Å². The molecule has 8 rings (SSSR count). The van der Waals surface area contributed by atoms with Crippen LogP contribution in [0.25, 0.3) is 11.1 Å².